The van der Waals surface area contributed by atoms with Gasteiger partial charge in [-0.15, -0.1) is 24.0 Å². The molecule has 0 aromatic rings. The minimum Gasteiger partial charge on any atom is -0.370 e. The summed E-state index contributed by atoms with van der Waals surface area (Å²) in [7, 11) is 0. The molecular weight excluding hydrogens is 367 g/mol. The first-order chi connectivity index (χ1) is 9.16. The highest BCUT2D eigenvalue weighted by molar-refractivity contribution is 14.0. The summed E-state index contributed by atoms with van der Waals surface area (Å²) in [5.74, 6) is 1.32. The molecule has 0 bridgehead atoms. The molecule has 0 saturated carbocycles. The molecule has 2 heterocycles. The van der Waals surface area contributed by atoms with Gasteiger partial charge in [0.1, 0.15) is 6.54 Å². The van der Waals surface area contributed by atoms with E-state index in [0.29, 0.717) is 11.9 Å². The van der Waals surface area contributed by atoms with Gasteiger partial charge in [0.2, 0.25) is 5.91 Å². The monoisotopic (exact) mass is 394 g/mol. The Hall–Kier alpha value is -0.530. The Morgan fingerprint density at radius 1 is 1.15 bits per heavy atom. The highest BCUT2D eigenvalue weighted by Gasteiger charge is 2.19. The van der Waals surface area contributed by atoms with Crippen LogP contribution in [-0.4, -0.2) is 54.4 Å². The second-order valence-electron chi connectivity index (χ2n) is 5.81. The van der Waals surface area contributed by atoms with Crippen molar-refractivity contribution in [3.8, 4) is 0 Å². The second kappa shape index (κ2) is 8.69. The summed E-state index contributed by atoms with van der Waals surface area (Å²) < 4.78 is 0. The van der Waals surface area contributed by atoms with E-state index < -0.39 is 0 Å². The first-order valence-corrected chi connectivity index (χ1v) is 7.49. The van der Waals surface area contributed by atoms with Gasteiger partial charge >= 0.3 is 0 Å². The van der Waals surface area contributed by atoms with Gasteiger partial charge in [0.05, 0.1) is 0 Å². The van der Waals surface area contributed by atoms with Crippen LogP contribution in [0.25, 0.3) is 0 Å². The van der Waals surface area contributed by atoms with Gasteiger partial charge in [0.25, 0.3) is 0 Å². The van der Waals surface area contributed by atoms with Gasteiger partial charge in [-0.3, -0.25) is 4.79 Å². The number of guanidine groups is 1. The zero-order chi connectivity index (χ0) is 13.7. The van der Waals surface area contributed by atoms with Crippen molar-refractivity contribution in [1.29, 1.82) is 0 Å². The Balaban J connectivity index is 0.00000200. The third kappa shape index (κ3) is 5.10. The average Bonchev–Trinajstić information content (AvgIpc) is 2.45. The highest BCUT2D eigenvalue weighted by Crippen LogP contribution is 2.15. The molecule has 2 saturated heterocycles. The summed E-state index contributed by atoms with van der Waals surface area (Å²) in [5, 5.41) is 0. The minimum absolute atomic E-state index is 0. The average molecular weight is 394 g/mol. The standard InChI is InChI=1S/C14H26N4O.HI/c1-12-6-5-9-18(11-12)14(15)16-10-13(19)17-7-3-2-4-8-17;/h12H,2-11H2,1H3,(H2,15,16);1H. The number of nitrogens with two attached hydrogens (primary N) is 1. The third-order valence-corrected chi connectivity index (χ3v) is 4.07. The van der Waals surface area contributed by atoms with Crippen LogP contribution in [0.5, 0.6) is 0 Å². The SMILES string of the molecule is CC1CCCN(C(N)=NCC(=O)N2CCCCC2)C1.I. The number of likely N-dealkylation sites (tertiary alicyclic amines) is 2. The van der Waals surface area contributed by atoms with Crippen LogP contribution in [0.3, 0.4) is 0 Å². The normalized spacial score (nSPS) is 24.2. The predicted octanol–water partition coefficient (Wildman–Crippen LogP) is 1.66. The molecule has 5 nitrogen and oxygen atoms in total. The van der Waals surface area contributed by atoms with Crippen LogP contribution in [0, 0.1) is 5.92 Å². The number of piperidine rings is 2. The number of halogens is 1. The zero-order valence-electron chi connectivity index (χ0n) is 12.4. The van der Waals surface area contributed by atoms with E-state index in [9.17, 15) is 4.79 Å². The van der Waals surface area contributed by atoms with Crippen LogP contribution in [0.4, 0.5) is 0 Å². The lowest BCUT2D eigenvalue weighted by molar-refractivity contribution is -0.130. The van der Waals surface area contributed by atoms with Crippen LogP contribution < -0.4 is 5.73 Å². The molecule has 2 aliphatic heterocycles. The van der Waals surface area contributed by atoms with Crippen LogP contribution in [0.15, 0.2) is 4.99 Å². The lowest BCUT2D eigenvalue weighted by atomic mass is 10.0. The molecule has 0 radical (unpaired) electrons. The summed E-state index contributed by atoms with van der Waals surface area (Å²) >= 11 is 0. The first-order valence-electron chi connectivity index (χ1n) is 7.49. The van der Waals surface area contributed by atoms with Crippen LogP contribution in [0.1, 0.15) is 39.0 Å². The van der Waals surface area contributed by atoms with E-state index in [1.54, 1.807) is 0 Å². The van der Waals surface area contributed by atoms with Crippen molar-refractivity contribution >= 4 is 35.8 Å². The van der Waals surface area contributed by atoms with E-state index in [2.05, 4.69) is 16.8 Å². The minimum atomic E-state index is 0. The van der Waals surface area contributed by atoms with Crippen molar-refractivity contribution in [2.75, 3.05) is 32.7 Å². The van der Waals surface area contributed by atoms with Crippen LogP contribution in [-0.2, 0) is 4.79 Å². The number of rotatable bonds is 2. The quantitative estimate of drug-likeness (QED) is 0.440. The van der Waals surface area contributed by atoms with Gasteiger partial charge in [0, 0.05) is 26.2 Å². The van der Waals surface area contributed by atoms with Crippen molar-refractivity contribution in [3.63, 3.8) is 0 Å². The molecule has 0 spiro atoms. The Kier molecular flexibility index (Phi) is 7.61. The highest BCUT2D eigenvalue weighted by atomic mass is 127. The van der Waals surface area contributed by atoms with Crippen molar-refractivity contribution < 1.29 is 4.79 Å². The molecule has 0 aliphatic carbocycles. The fourth-order valence-corrected chi connectivity index (χ4v) is 2.89. The largest absolute Gasteiger partial charge is 0.370 e. The van der Waals surface area contributed by atoms with E-state index in [0.717, 1.165) is 45.4 Å². The molecule has 1 atom stereocenters. The number of carbonyl (C=O) groups excluding carboxylic acids is 1. The van der Waals surface area contributed by atoms with Gasteiger partial charge in [-0.2, -0.15) is 0 Å². The van der Waals surface area contributed by atoms with Crippen molar-refractivity contribution in [3.05, 3.63) is 0 Å². The molecule has 2 N–H and O–H groups in total. The molecule has 1 unspecified atom stereocenters. The third-order valence-electron chi connectivity index (χ3n) is 4.07. The second-order valence-corrected chi connectivity index (χ2v) is 5.81. The summed E-state index contributed by atoms with van der Waals surface area (Å²) in [5.41, 5.74) is 5.99. The van der Waals surface area contributed by atoms with Crippen molar-refractivity contribution in [2.45, 2.75) is 39.0 Å². The Bertz CT molecular complexity index is 342. The number of nitrogens with zero attached hydrogens (tertiary/aromatic N) is 3. The Morgan fingerprint density at radius 3 is 2.45 bits per heavy atom. The van der Waals surface area contributed by atoms with Gasteiger partial charge in [-0.05, 0) is 38.0 Å². The molecule has 2 fully saturated rings. The topological polar surface area (TPSA) is 61.9 Å². The molecule has 1 amide bonds. The maximum atomic E-state index is 12.0. The Morgan fingerprint density at radius 2 is 1.80 bits per heavy atom. The number of aliphatic imine (C=N–C) groups is 1. The van der Waals surface area contributed by atoms with Crippen LogP contribution in [0.2, 0.25) is 0 Å². The molecule has 0 aromatic carbocycles. The smallest absolute Gasteiger partial charge is 0.244 e. The van der Waals surface area contributed by atoms with Crippen molar-refractivity contribution in [2.24, 2.45) is 16.6 Å². The molecule has 6 heteroatoms. The number of hydrogen-bond acceptors (Lipinski definition) is 2. The Labute approximate surface area is 139 Å². The molecule has 2 aliphatic rings. The first kappa shape index (κ1) is 17.5. The van der Waals surface area contributed by atoms with Gasteiger partial charge in [-0.1, -0.05) is 6.92 Å². The van der Waals surface area contributed by atoms with E-state index >= 15 is 0 Å². The number of carbonyl (C=O) groups is 1. The molecular formula is C14H27IN4O. The summed E-state index contributed by atoms with van der Waals surface area (Å²) in [4.78, 5) is 20.3. The molecule has 20 heavy (non-hydrogen) atoms. The van der Waals surface area contributed by atoms with E-state index in [-0.39, 0.29) is 36.4 Å². The lowest BCUT2D eigenvalue weighted by Gasteiger charge is -2.32. The van der Waals surface area contributed by atoms with Gasteiger partial charge in [-0.25, -0.2) is 4.99 Å². The zero-order valence-corrected chi connectivity index (χ0v) is 14.7. The fourth-order valence-electron chi connectivity index (χ4n) is 2.89. The summed E-state index contributed by atoms with van der Waals surface area (Å²) in [6.45, 7) is 6.14. The molecule has 0 aromatic heterocycles. The molecule has 116 valence electrons. The van der Waals surface area contributed by atoms with Gasteiger partial charge in [0.15, 0.2) is 5.96 Å². The predicted molar refractivity (Wildman–Crippen MR) is 92.3 cm³/mol. The van der Waals surface area contributed by atoms with Crippen molar-refractivity contribution in [1.82, 2.24) is 9.80 Å². The summed E-state index contributed by atoms with van der Waals surface area (Å²) in [6.07, 6.45) is 5.90. The lowest BCUT2D eigenvalue weighted by Crippen LogP contribution is -2.44. The number of hydrogen-bond donors (Lipinski definition) is 1. The molecule has 2 rings (SSSR count). The maximum Gasteiger partial charge on any atom is 0.244 e. The van der Waals surface area contributed by atoms with Crippen LogP contribution >= 0.6 is 24.0 Å². The van der Waals surface area contributed by atoms with E-state index in [1.165, 1.54) is 12.8 Å². The van der Waals surface area contributed by atoms with E-state index in [4.69, 9.17) is 5.73 Å². The fraction of sp³-hybridized carbons (Fsp3) is 0.857. The maximum absolute atomic E-state index is 12.0. The number of amides is 1. The van der Waals surface area contributed by atoms with E-state index in [1.807, 2.05) is 4.90 Å². The van der Waals surface area contributed by atoms with Gasteiger partial charge < -0.3 is 15.5 Å². The summed E-state index contributed by atoms with van der Waals surface area (Å²) in [6, 6.07) is 0.